The standard InChI is InChI=1S/C22H22N2O7S2/c1-3-33(27,28)15-6-4-14(5-7-15)10-20(25)23-22-24(13-21(26)29-2)16-11-17-18(12-19(16)32-22)31-9-8-30-17/h4-7,11-12H,3,8-10,13H2,1-2H3. The number of benzene rings is 2. The molecule has 9 nitrogen and oxygen atoms in total. The number of amides is 1. The maximum absolute atomic E-state index is 12.7. The van der Waals surface area contributed by atoms with Crippen LogP contribution in [0.5, 0.6) is 11.5 Å². The molecule has 0 radical (unpaired) electrons. The average molecular weight is 491 g/mol. The summed E-state index contributed by atoms with van der Waals surface area (Å²) in [6, 6.07) is 9.75. The molecule has 2 aromatic carbocycles. The molecule has 2 heterocycles. The Morgan fingerprint density at radius 2 is 1.79 bits per heavy atom. The van der Waals surface area contributed by atoms with Gasteiger partial charge in [-0.2, -0.15) is 4.99 Å². The van der Waals surface area contributed by atoms with Gasteiger partial charge in [0.2, 0.25) is 0 Å². The normalized spacial score (nSPS) is 13.8. The molecule has 4 rings (SSSR count). The van der Waals surface area contributed by atoms with Crippen LogP contribution in [0, 0.1) is 0 Å². The van der Waals surface area contributed by atoms with E-state index in [1.165, 1.54) is 30.6 Å². The fourth-order valence-electron chi connectivity index (χ4n) is 3.34. The van der Waals surface area contributed by atoms with Gasteiger partial charge in [0.1, 0.15) is 19.8 Å². The summed E-state index contributed by atoms with van der Waals surface area (Å²) in [7, 11) is -2.02. The van der Waals surface area contributed by atoms with Crippen LogP contribution in [-0.2, 0) is 37.1 Å². The van der Waals surface area contributed by atoms with Crippen LogP contribution in [0.4, 0.5) is 0 Å². The monoisotopic (exact) mass is 490 g/mol. The molecule has 1 aliphatic rings. The molecule has 0 atom stereocenters. The van der Waals surface area contributed by atoms with Crippen molar-refractivity contribution < 1.29 is 32.2 Å². The van der Waals surface area contributed by atoms with E-state index in [0.717, 1.165) is 4.70 Å². The highest BCUT2D eigenvalue weighted by Gasteiger charge is 2.18. The number of nitrogens with zero attached hydrogens (tertiary/aromatic N) is 2. The van der Waals surface area contributed by atoms with E-state index in [-0.39, 0.29) is 23.6 Å². The number of hydrogen-bond donors (Lipinski definition) is 0. The molecule has 1 aliphatic heterocycles. The molecule has 174 valence electrons. The zero-order valence-corrected chi connectivity index (χ0v) is 19.7. The van der Waals surface area contributed by atoms with Gasteiger partial charge in [0.05, 0.1) is 34.4 Å². The summed E-state index contributed by atoms with van der Waals surface area (Å²) in [6.45, 7) is 2.33. The van der Waals surface area contributed by atoms with E-state index >= 15 is 0 Å². The van der Waals surface area contributed by atoms with Gasteiger partial charge in [-0.15, -0.1) is 0 Å². The number of esters is 1. The van der Waals surface area contributed by atoms with Crippen molar-refractivity contribution in [1.29, 1.82) is 0 Å². The van der Waals surface area contributed by atoms with E-state index in [0.29, 0.717) is 40.6 Å². The number of ether oxygens (including phenoxy) is 3. The van der Waals surface area contributed by atoms with Gasteiger partial charge in [-0.25, -0.2) is 8.42 Å². The van der Waals surface area contributed by atoms with Crippen LogP contribution in [0.15, 0.2) is 46.3 Å². The van der Waals surface area contributed by atoms with E-state index in [4.69, 9.17) is 14.2 Å². The van der Waals surface area contributed by atoms with Crippen LogP contribution in [0.25, 0.3) is 10.2 Å². The molecule has 0 saturated carbocycles. The molecule has 0 saturated heterocycles. The predicted octanol–water partition coefficient (Wildman–Crippen LogP) is 2.11. The van der Waals surface area contributed by atoms with Crippen LogP contribution in [0.3, 0.4) is 0 Å². The Morgan fingerprint density at radius 3 is 2.42 bits per heavy atom. The first kappa shape index (κ1) is 23.0. The summed E-state index contributed by atoms with van der Waals surface area (Å²) in [4.78, 5) is 29.5. The van der Waals surface area contributed by atoms with Gasteiger partial charge in [-0.1, -0.05) is 30.4 Å². The highest BCUT2D eigenvalue weighted by Crippen LogP contribution is 2.35. The molecule has 1 amide bonds. The van der Waals surface area contributed by atoms with Gasteiger partial charge in [-0.05, 0) is 17.7 Å². The van der Waals surface area contributed by atoms with Gasteiger partial charge < -0.3 is 18.8 Å². The lowest BCUT2D eigenvalue weighted by Crippen LogP contribution is -2.23. The van der Waals surface area contributed by atoms with Gasteiger partial charge in [-0.3, -0.25) is 9.59 Å². The quantitative estimate of drug-likeness (QED) is 0.486. The number of rotatable bonds is 6. The molecule has 11 heteroatoms. The fraction of sp³-hybridized carbons (Fsp3) is 0.318. The molecule has 0 bridgehead atoms. The molecule has 3 aromatic rings. The number of methoxy groups -OCH3 is 1. The Labute approximate surface area is 194 Å². The molecule has 0 aliphatic carbocycles. The number of sulfone groups is 1. The highest BCUT2D eigenvalue weighted by molar-refractivity contribution is 7.91. The van der Waals surface area contributed by atoms with Crippen molar-refractivity contribution in [2.75, 3.05) is 26.1 Å². The second-order valence-electron chi connectivity index (χ2n) is 7.24. The van der Waals surface area contributed by atoms with Crippen LogP contribution in [0.2, 0.25) is 0 Å². The Hall–Kier alpha value is -3.18. The van der Waals surface area contributed by atoms with Crippen LogP contribution >= 0.6 is 11.3 Å². The third-order valence-corrected chi connectivity index (χ3v) is 7.89. The minimum atomic E-state index is -3.31. The maximum Gasteiger partial charge on any atom is 0.325 e. The van der Waals surface area contributed by atoms with Crippen LogP contribution in [-0.4, -0.2) is 50.9 Å². The lowest BCUT2D eigenvalue weighted by molar-refractivity contribution is -0.141. The Morgan fingerprint density at radius 1 is 1.12 bits per heavy atom. The lowest BCUT2D eigenvalue weighted by atomic mass is 10.1. The largest absolute Gasteiger partial charge is 0.486 e. The number of aromatic nitrogens is 1. The third kappa shape index (κ3) is 4.93. The van der Waals surface area contributed by atoms with Crippen molar-refractivity contribution in [3.8, 4) is 11.5 Å². The minimum absolute atomic E-state index is 0.00620. The predicted molar refractivity (Wildman–Crippen MR) is 121 cm³/mol. The van der Waals surface area contributed by atoms with Crippen molar-refractivity contribution in [1.82, 2.24) is 4.57 Å². The number of fused-ring (bicyclic) bond motifs is 2. The molecule has 0 spiro atoms. The maximum atomic E-state index is 12.7. The summed E-state index contributed by atoms with van der Waals surface area (Å²) < 4.78 is 42.4. The first-order valence-electron chi connectivity index (χ1n) is 10.2. The molecular weight excluding hydrogens is 468 g/mol. The summed E-state index contributed by atoms with van der Waals surface area (Å²) >= 11 is 1.25. The smallest absolute Gasteiger partial charge is 0.325 e. The third-order valence-electron chi connectivity index (χ3n) is 5.10. The van der Waals surface area contributed by atoms with E-state index in [1.54, 1.807) is 35.8 Å². The van der Waals surface area contributed by atoms with Crippen molar-refractivity contribution in [3.63, 3.8) is 0 Å². The van der Waals surface area contributed by atoms with Crippen LogP contribution < -0.4 is 14.3 Å². The molecule has 0 unspecified atom stereocenters. The first-order valence-corrected chi connectivity index (χ1v) is 12.7. The van der Waals surface area contributed by atoms with Crippen molar-refractivity contribution >= 4 is 43.3 Å². The Bertz CT molecular complexity index is 1390. The Kier molecular flexibility index (Phi) is 6.52. The molecule has 1 aromatic heterocycles. The van der Waals surface area contributed by atoms with Gasteiger partial charge >= 0.3 is 5.97 Å². The lowest BCUT2D eigenvalue weighted by Gasteiger charge is -2.18. The molecule has 33 heavy (non-hydrogen) atoms. The van der Waals surface area contributed by atoms with Gasteiger partial charge in [0.25, 0.3) is 5.91 Å². The van der Waals surface area contributed by atoms with Gasteiger partial charge in [0, 0.05) is 12.1 Å². The minimum Gasteiger partial charge on any atom is -0.486 e. The number of thiazole rings is 1. The zero-order valence-electron chi connectivity index (χ0n) is 18.1. The summed E-state index contributed by atoms with van der Waals surface area (Å²) in [6.07, 6.45) is -0.0123. The topological polar surface area (TPSA) is 113 Å². The zero-order chi connectivity index (χ0) is 23.6. The van der Waals surface area contributed by atoms with Crippen molar-refractivity contribution in [3.05, 3.63) is 46.8 Å². The van der Waals surface area contributed by atoms with E-state index in [9.17, 15) is 18.0 Å². The fourth-order valence-corrected chi connectivity index (χ4v) is 5.28. The molecule has 0 N–H and O–H groups in total. The second kappa shape index (κ2) is 9.36. The molecule has 0 fully saturated rings. The van der Waals surface area contributed by atoms with E-state index in [2.05, 4.69) is 4.99 Å². The van der Waals surface area contributed by atoms with Crippen molar-refractivity contribution in [2.45, 2.75) is 24.8 Å². The van der Waals surface area contributed by atoms with Crippen molar-refractivity contribution in [2.24, 2.45) is 4.99 Å². The average Bonchev–Trinajstić information content (AvgIpc) is 3.13. The van der Waals surface area contributed by atoms with Gasteiger partial charge in [0.15, 0.2) is 26.1 Å². The Balaban J connectivity index is 1.68. The van der Waals surface area contributed by atoms with E-state index in [1.807, 2.05) is 0 Å². The second-order valence-corrected chi connectivity index (χ2v) is 10.5. The first-order chi connectivity index (χ1) is 15.8. The number of hydrogen-bond acceptors (Lipinski definition) is 8. The molecular formula is C22H22N2O7S2. The van der Waals surface area contributed by atoms with E-state index < -0.39 is 21.7 Å². The highest BCUT2D eigenvalue weighted by atomic mass is 32.2. The van der Waals surface area contributed by atoms with Crippen LogP contribution in [0.1, 0.15) is 12.5 Å². The summed E-state index contributed by atoms with van der Waals surface area (Å²) in [5, 5.41) is 0. The number of carbonyl (C=O) groups excluding carboxylic acids is 2. The summed E-state index contributed by atoms with van der Waals surface area (Å²) in [5.74, 6) is 0.256. The summed E-state index contributed by atoms with van der Waals surface area (Å²) in [5.41, 5.74) is 1.31. The SMILES string of the molecule is CCS(=O)(=O)c1ccc(CC(=O)N=c2sc3cc4c(cc3n2CC(=O)OC)OCCO4)cc1. The number of carbonyl (C=O) groups is 2.